The molecule has 3 nitrogen and oxygen atoms in total. The van der Waals surface area contributed by atoms with Crippen molar-refractivity contribution in [3.63, 3.8) is 0 Å². The third-order valence-corrected chi connectivity index (χ3v) is 4.25. The van der Waals surface area contributed by atoms with Gasteiger partial charge in [-0.15, -0.1) is 0 Å². The van der Waals surface area contributed by atoms with Gasteiger partial charge in [0.25, 0.3) is 0 Å². The molecule has 0 atom stereocenters. The number of piperidine rings is 1. The van der Waals surface area contributed by atoms with Gasteiger partial charge in [-0.05, 0) is 31.8 Å². The minimum Gasteiger partial charge on any atom is -0.353 e. The second kappa shape index (κ2) is 5.03. The van der Waals surface area contributed by atoms with E-state index in [1.165, 1.54) is 36.9 Å². The van der Waals surface area contributed by atoms with Crippen LogP contribution in [0.5, 0.6) is 0 Å². The van der Waals surface area contributed by atoms with E-state index >= 15 is 0 Å². The molecule has 0 unspecified atom stereocenters. The summed E-state index contributed by atoms with van der Waals surface area (Å²) in [4.78, 5) is 6.76. The predicted molar refractivity (Wildman–Crippen MR) is 63.0 cm³/mol. The molecule has 0 aromatic carbocycles. The van der Waals surface area contributed by atoms with Crippen molar-refractivity contribution in [3.8, 4) is 0 Å². The van der Waals surface area contributed by atoms with Gasteiger partial charge in [-0.2, -0.15) is 0 Å². The quantitative estimate of drug-likeness (QED) is 0.742. The summed E-state index contributed by atoms with van der Waals surface area (Å²) in [5.41, 5.74) is 0. The molecular formula is C10H19N3S. The Bertz CT molecular complexity index is 211. The molecule has 14 heavy (non-hydrogen) atoms. The highest BCUT2D eigenvalue weighted by Crippen LogP contribution is 2.21. The van der Waals surface area contributed by atoms with E-state index in [-0.39, 0.29) is 0 Å². The van der Waals surface area contributed by atoms with Gasteiger partial charge in [0, 0.05) is 19.3 Å². The minimum absolute atomic E-state index is 0.901. The van der Waals surface area contributed by atoms with Crippen LogP contribution >= 0.6 is 11.8 Å². The Labute approximate surface area is 90.3 Å². The fourth-order valence-electron chi connectivity index (χ4n) is 1.91. The number of nitrogens with one attached hydrogen (secondary N) is 1. The standard InChI is InChI=1S/C10H19N3S/c1-13-7-6-12-10(13)14-8-9-2-4-11-5-3-9/h9,11H,2-8H2,1H3. The number of thioether (sulfide) groups is 1. The third kappa shape index (κ3) is 2.64. The summed E-state index contributed by atoms with van der Waals surface area (Å²) in [6.45, 7) is 4.50. The molecule has 2 heterocycles. The molecule has 1 saturated heterocycles. The lowest BCUT2D eigenvalue weighted by atomic mass is 10.0. The summed E-state index contributed by atoms with van der Waals surface area (Å²) < 4.78 is 0. The number of rotatable bonds is 2. The molecule has 0 spiro atoms. The maximum Gasteiger partial charge on any atom is 0.159 e. The van der Waals surface area contributed by atoms with Crippen LogP contribution in [0.1, 0.15) is 12.8 Å². The summed E-state index contributed by atoms with van der Waals surface area (Å²) in [6.07, 6.45) is 2.67. The SMILES string of the molecule is CN1CCN=C1SCC1CCNCC1. The fraction of sp³-hybridized carbons (Fsp3) is 0.900. The molecule has 0 saturated carbocycles. The molecule has 0 amide bonds. The van der Waals surface area contributed by atoms with Gasteiger partial charge >= 0.3 is 0 Å². The molecule has 2 aliphatic rings. The summed E-state index contributed by atoms with van der Waals surface area (Å²) in [6, 6.07) is 0. The first-order valence-corrected chi connectivity index (χ1v) is 6.44. The van der Waals surface area contributed by atoms with Crippen molar-refractivity contribution in [2.75, 3.05) is 39.0 Å². The Hall–Kier alpha value is -0.220. The predicted octanol–water partition coefficient (Wildman–Crippen LogP) is 1.02. The van der Waals surface area contributed by atoms with Gasteiger partial charge in [0.05, 0.1) is 6.54 Å². The Kier molecular flexibility index (Phi) is 3.70. The third-order valence-electron chi connectivity index (χ3n) is 2.92. The number of amidine groups is 1. The first-order chi connectivity index (χ1) is 6.86. The maximum atomic E-state index is 4.49. The van der Waals surface area contributed by atoms with Crippen LogP contribution < -0.4 is 5.32 Å². The summed E-state index contributed by atoms with van der Waals surface area (Å²) >= 11 is 1.95. The van der Waals surface area contributed by atoms with Gasteiger partial charge in [0.2, 0.25) is 0 Å². The van der Waals surface area contributed by atoms with Crippen molar-refractivity contribution in [2.24, 2.45) is 10.9 Å². The Morgan fingerprint density at radius 2 is 2.29 bits per heavy atom. The van der Waals surface area contributed by atoms with Crippen molar-refractivity contribution in [3.05, 3.63) is 0 Å². The molecule has 0 aromatic rings. The molecule has 4 heteroatoms. The van der Waals surface area contributed by atoms with E-state index in [9.17, 15) is 0 Å². The lowest BCUT2D eigenvalue weighted by molar-refractivity contribution is 0.408. The number of hydrogen-bond donors (Lipinski definition) is 1. The maximum absolute atomic E-state index is 4.49. The molecule has 0 aromatic heterocycles. The van der Waals surface area contributed by atoms with E-state index < -0.39 is 0 Å². The minimum atomic E-state index is 0.901. The van der Waals surface area contributed by atoms with Gasteiger partial charge in [-0.25, -0.2) is 0 Å². The van der Waals surface area contributed by atoms with Crippen LogP contribution in [0.15, 0.2) is 4.99 Å². The van der Waals surface area contributed by atoms with Crippen LogP contribution in [0, 0.1) is 5.92 Å². The highest BCUT2D eigenvalue weighted by atomic mass is 32.2. The summed E-state index contributed by atoms with van der Waals surface area (Å²) in [7, 11) is 2.14. The average molecular weight is 213 g/mol. The van der Waals surface area contributed by atoms with Crippen LogP contribution in [-0.2, 0) is 0 Å². The van der Waals surface area contributed by atoms with Crippen LogP contribution in [0.4, 0.5) is 0 Å². The van der Waals surface area contributed by atoms with Crippen LogP contribution in [-0.4, -0.2) is 49.0 Å². The molecule has 0 aliphatic carbocycles. The molecule has 0 bridgehead atoms. The van der Waals surface area contributed by atoms with Crippen LogP contribution in [0.2, 0.25) is 0 Å². The first-order valence-electron chi connectivity index (χ1n) is 5.45. The molecule has 1 N–H and O–H groups in total. The highest BCUT2D eigenvalue weighted by Gasteiger charge is 2.17. The van der Waals surface area contributed by atoms with E-state index in [1.807, 2.05) is 11.8 Å². The Balaban J connectivity index is 1.70. The van der Waals surface area contributed by atoms with Crippen molar-refractivity contribution in [1.29, 1.82) is 0 Å². The lowest BCUT2D eigenvalue weighted by Gasteiger charge is -2.23. The number of hydrogen-bond acceptors (Lipinski definition) is 4. The molecule has 80 valence electrons. The highest BCUT2D eigenvalue weighted by molar-refractivity contribution is 8.13. The van der Waals surface area contributed by atoms with E-state index in [0.717, 1.165) is 19.0 Å². The monoisotopic (exact) mass is 213 g/mol. The van der Waals surface area contributed by atoms with Gasteiger partial charge in [-0.3, -0.25) is 4.99 Å². The van der Waals surface area contributed by atoms with Crippen LogP contribution in [0.3, 0.4) is 0 Å². The Morgan fingerprint density at radius 3 is 2.93 bits per heavy atom. The summed E-state index contributed by atoms with van der Waals surface area (Å²) in [5.74, 6) is 2.16. The smallest absolute Gasteiger partial charge is 0.159 e. The van der Waals surface area contributed by atoms with E-state index in [0.29, 0.717) is 0 Å². The largest absolute Gasteiger partial charge is 0.353 e. The lowest BCUT2D eigenvalue weighted by Crippen LogP contribution is -2.29. The van der Waals surface area contributed by atoms with Gasteiger partial charge in [0.15, 0.2) is 5.17 Å². The van der Waals surface area contributed by atoms with E-state index in [1.54, 1.807) is 0 Å². The number of likely N-dealkylation sites (N-methyl/N-ethyl adjacent to an activating group) is 1. The van der Waals surface area contributed by atoms with Crippen molar-refractivity contribution >= 4 is 16.9 Å². The zero-order valence-corrected chi connectivity index (χ0v) is 9.65. The second-order valence-corrected chi connectivity index (χ2v) is 5.08. The van der Waals surface area contributed by atoms with Gasteiger partial charge in [-0.1, -0.05) is 11.8 Å². The summed E-state index contributed by atoms with van der Waals surface area (Å²) in [5, 5.41) is 4.65. The van der Waals surface area contributed by atoms with Crippen molar-refractivity contribution in [1.82, 2.24) is 10.2 Å². The van der Waals surface area contributed by atoms with Crippen molar-refractivity contribution < 1.29 is 0 Å². The average Bonchev–Trinajstić information content (AvgIpc) is 2.63. The zero-order chi connectivity index (χ0) is 9.80. The number of nitrogens with zero attached hydrogens (tertiary/aromatic N) is 2. The molecule has 0 radical (unpaired) electrons. The Morgan fingerprint density at radius 1 is 1.50 bits per heavy atom. The number of aliphatic imine (C=N–C) groups is 1. The molecular weight excluding hydrogens is 194 g/mol. The van der Waals surface area contributed by atoms with Crippen LogP contribution in [0.25, 0.3) is 0 Å². The van der Waals surface area contributed by atoms with E-state index in [4.69, 9.17) is 0 Å². The molecule has 2 rings (SSSR count). The normalized spacial score (nSPS) is 24.1. The van der Waals surface area contributed by atoms with Crippen molar-refractivity contribution in [2.45, 2.75) is 12.8 Å². The fourth-order valence-corrected chi connectivity index (χ4v) is 3.12. The van der Waals surface area contributed by atoms with Gasteiger partial charge in [0.1, 0.15) is 0 Å². The topological polar surface area (TPSA) is 27.6 Å². The van der Waals surface area contributed by atoms with Gasteiger partial charge < -0.3 is 10.2 Å². The first kappa shape index (κ1) is 10.3. The zero-order valence-electron chi connectivity index (χ0n) is 8.83. The second-order valence-electron chi connectivity index (χ2n) is 4.09. The van der Waals surface area contributed by atoms with E-state index in [2.05, 4.69) is 22.3 Å². The molecule has 1 fully saturated rings. The molecule has 2 aliphatic heterocycles.